The summed E-state index contributed by atoms with van der Waals surface area (Å²) >= 11 is 5.17. The third-order valence-electron chi connectivity index (χ3n) is 1.64. The molecule has 14 heavy (non-hydrogen) atoms. The summed E-state index contributed by atoms with van der Waals surface area (Å²) in [4.78, 5) is 1.12. The van der Waals surface area contributed by atoms with Gasteiger partial charge in [-0.1, -0.05) is 15.9 Å². The van der Waals surface area contributed by atoms with Crippen molar-refractivity contribution in [1.82, 2.24) is 0 Å². The van der Waals surface area contributed by atoms with E-state index in [1.165, 1.54) is 0 Å². The van der Waals surface area contributed by atoms with E-state index >= 15 is 0 Å². The minimum absolute atomic E-state index is 0.836. The summed E-state index contributed by atoms with van der Waals surface area (Å²) in [6.07, 6.45) is 0.910. The normalized spacial score (nSPS) is 9.29. The Morgan fingerprint density at radius 1 is 1.50 bits per heavy atom. The standard InChI is InChI=1S/C11H12BrNS/c1-2-3-4-7-14-11-8-9(12)5-6-10(11)13/h5-6,8H,4,7,13H2,1H3. The van der Waals surface area contributed by atoms with E-state index in [2.05, 4.69) is 27.8 Å². The molecule has 0 atom stereocenters. The summed E-state index contributed by atoms with van der Waals surface area (Å²) in [6.45, 7) is 1.86. The molecular weight excluding hydrogens is 258 g/mol. The number of nitrogens with two attached hydrogens (primary N) is 1. The van der Waals surface area contributed by atoms with Gasteiger partial charge in [0, 0.05) is 27.2 Å². The van der Waals surface area contributed by atoms with Gasteiger partial charge in [-0.25, -0.2) is 0 Å². The van der Waals surface area contributed by atoms with E-state index in [4.69, 9.17) is 5.73 Å². The first-order chi connectivity index (χ1) is 6.74. The molecule has 0 aliphatic rings. The third kappa shape index (κ3) is 3.65. The number of rotatable bonds is 3. The molecule has 0 fully saturated rings. The lowest BCUT2D eigenvalue weighted by Gasteiger charge is -2.04. The Kier molecular flexibility index (Phi) is 4.92. The molecule has 0 unspecified atom stereocenters. The molecule has 0 aromatic heterocycles. The molecule has 0 saturated carbocycles. The van der Waals surface area contributed by atoms with Crippen molar-refractivity contribution in [2.75, 3.05) is 11.5 Å². The number of hydrogen-bond donors (Lipinski definition) is 1. The van der Waals surface area contributed by atoms with Crippen LogP contribution in [0.3, 0.4) is 0 Å². The highest BCUT2D eigenvalue weighted by atomic mass is 79.9. The van der Waals surface area contributed by atoms with Gasteiger partial charge in [0.1, 0.15) is 0 Å². The first-order valence-corrected chi connectivity index (χ1v) is 6.09. The number of thioether (sulfide) groups is 1. The van der Waals surface area contributed by atoms with Gasteiger partial charge in [-0.15, -0.1) is 23.6 Å². The molecule has 2 N–H and O–H groups in total. The van der Waals surface area contributed by atoms with Crippen LogP contribution < -0.4 is 5.73 Å². The van der Waals surface area contributed by atoms with E-state index in [-0.39, 0.29) is 0 Å². The van der Waals surface area contributed by atoms with Crippen LogP contribution in [0.1, 0.15) is 13.3 Å². The van der Waals surface area contributed by atoms with Gasteiger partial charge in [-0.05, 0) is 25.1 Å². The van der Waals surface area contributed by atoms with Crippen LogP contribution in [-0.2, 0) is 0 Å². The Morgan fingerprint density at radius 3 is 3.00 bits per heavy atom. The van der Waals surface area contributed by atoms with Crippen LogP contribution in [0.5, 0.6) is 0 Å². The molecule has 0 heterocycles. The summed E-state index contributed by atoms with van der Waals surface area (Å²) in [6, 6.07) is 5.91. The average Bonchev–Trinajstić information content (AvgIpc) is 2.18. The van der Waals surface area contributed by atoms with E-state index in [9.17, 15) is 0 Å². The molecule has 0 aliphatic heterocycles. The highest BCUT2D eigenvalue weighted by molar-refractivity contribution is 9.10. The smallest absolute Gasteiger partial charge is 0.0453 e. The fourth-order valence-corrected chi connectivity index (χ4v) is 2.35. The minimum Gasteiger partial charge on any atom is -0.398 e. The van der Waals surface area contributed by atoms with Crippen LogP contribution in [0.25, 0.3) is 0 Å². The van der Waals surface area contributed by atoms with Crippen molar-refractivity contribution in [2.45, 2.75) is 18.2 Å². The van der Waals surface area contributed by atoms with E-state index in [0.717, 1.165) is 27.2 Å². The molecule has 1 aromatic rings. The Hall–Kier alpha value is -0.590. The summed E-state index contributed by atoms with van der Waals surface area (Å²) in [5.74, 6) is 6.89. The molecule has 74 valence electrons. The van der Waals surface area contributed by atoms with Gasteiger partial charge in [0.25, 0.3) is 0 Å². The second-order valence-electron chi connectivity index (χ2n) is 2.71. The zero-order valence-corrected chi connectivity index (χ0v) is 10.4. The van der Waals surface area contributed by atoms with Gasteiger partial charge in [-0.3, -0.25) is 0 Å². The molecule has 0 radical (unpaired) electrons. The van der Waals surface area contributed by atoms with Crippen LogP contribution in [0.4, 0.5) is 5.69 Å². The maximum Gasteiger partial charge on any atom is 0.0453 e. The van der Waals surface area contributed by atoms with Crippen molar-refractivity contribution in [1.29, 1.82) is 0 Å². The molecule has 1 aromatic carbocycles. The minimum atomic E-state index is 0.836. The molecule has 0 aliphatic carbocycles. The summed E-state index contributed by atoms with van der Waals surface area (Å²) in [5, 5.41) is 0. The van der Waals surface area contributed by atoms with Gasteiger partial charge in [-0.2, -0.15) is 0 Å². The van der Waals surface area contributed by atoms with Crippen LogP contribution in [0.2, 0.25) is 0 Å². The van der Waals surface area contributed by atoms with Crippen LogP contribution in [0, 0.1) is 11.8 Å². The SMILES string of the molecule is CC#CCCSc1cc(Br)ccc1N. The number of benzene rings is 1. The third-order valence-corrected chi connectivity index (χ3v) is 3.20. The zero-order valence-electron chi connectivity index (χ0n) is 8.01. The first-order valence-electron chi connectivity index (χ1n) is 4.31. The van der Waals surface area contributed by atoms with Crippen molar-refractivity contribution in [3.63, 3.8) is 0 Å². The fraction of sp³-hybridized carbons (Fsp3) is 0.273. The summed E-state index contributed by atoms with van der Waals surface area (Å²) in [5.41, 5.74) is 6.66. The van der Waals surface area contributed by atoms with Crippen LogP contribution in [-0.4, -0.2) is 5.75 Å². The van der Waals surface area contributed by atoms with Crippen molar-refractivity contribution >= 4 is 33.4 Å². The molecule has 1 rings (SSSR count). The molecule has 0 spiro atoms. The van der Waals surface area contributed by atoms with Crippen LogP contribution in [0.15, 0.2) is 27.6 Å². The van der Waals surface area contributed by atoms with Gasteiger partial charge in [0.15, 0.2) is 0 Å². The second-order valence-corrected chi connectivity index (χ2v) is 4.76. The Labute approximate surface area is 97.6 Å². The van der Waals surface area contributed by atoms with Gasteiger partial charge in [0.05, 0.1) is 0 Å². The summed E-state index contributed by atoms with van der Waals surface area (Å²) < 4.78 is 1.07. The molecule has 0 saturated heterocycles. The number of nitrogen functional groups attached to an aromatic ring is 1. The molecule has 1 nitrogen and oxygen atoms in total. The molecular formula is C11H12BrNS. The highest BCUT2D eigenvalue weighted by Gasteiger charge is 1.99. The molecule has 3 heteroatoms. The molecule has 0 amide bonds. The predicted molar refractivity (Wildman–Crippen MR) is 67.3 cm³/mol. The quantitative estimate of drug-likeness (QED) is 0.393. The lowest BCUT2D eigenvalue weighted by atomic mass is 10.3. The predicted octanol–water partition coefficient (Wildman–Crippen LogP) is 3.54. The van der Waals surface area contributed by atoms with Crippen LogP contribution >= 0.6 is 27.7 Å². The lowest BCUT2D eigenvalue weighted by Crippen LogP contribution is -1.88. The van der Waals surface area contributed by atoms with Crippen molar-refractivity contribution in [2.24, 2.45) is 0 Å². The summed E-state index contributed by atoms with van der Waals surface area (Å²) in [7, 11) is 0. The average molecular weight is 270 g/mol. The number of halogens is 1. The van der Waals surface area contributed by atoms with Crippen molar-refractivity contribution < 1.29 is 0 Å². The van der Waals surface area contributed by atoms with E-state index in [1.54, 1.807) is 11.8 Å². The second kappa shape index (κ2) is 6.00. The first kappa shape index (κ1) is 11.5. The van der Waals surface area contributed by atoms with E-state index in [1.807, 2.05) is 25.1 Å². The lowest BCUT2D eigenvalue weighted by molar-refractivity contribution is 1.29. The Morgan fingerprint density at radius 2 is 2.29 bits per heavy atom. The molecule has 0 bridgehead atoms. The Bertz CT molecular complexity index is 365. The topological polar surface area (TPSA) is 26.0 Å². The van der Waals surface area contributed by atoms with Gasteiger partial charge >= 0.3 is 0 Å². The van der Waals surface area contributed by atoms with Crippen molar-refractivity contribution in [3.8, 4) is 11.8 Å². The van der Waals surface area contributed by atoms with Crippen molar-refractivity contribution in [3.05, 3.63) is 22.7 Å². The maximum absolute atomic E-state index is 5.83. The highest BCUT2D eigenvalue weighted by Crippen LogP contribution is 2.28. The van der Waals surface area contributed by atoms with E-state index in [0.29, 0.717) is 0 Å². The van der Waals surface area contributed by atoms with Gasteiger partial charge < -0.3 is 5.73 Å². The zero-order chi connectivity index (χ0) is 10.4. The number of hydrogen-bond acceptors (Lipinski definition) is 2. The number of anilines is 1. The Balaban J connectivity index is 2.56. The maximum atomic E-state index is 5.83. The monoisotopic (exact) mass is 269 g/mol. The van der Waals surface area contributed by atoms with E-state index < -0.39 is 0 Å². The van der Waals surface area contributed by atoms with Gasteiger partial charge in [0.2, 0.25) is 0 Å². The largest absolute Gasteiger partial charge is 0.398 e. The fourth-order valence-electron chi connectivity index (χ4n) is 0.970.